The van der Waals surface area contributed by atoms with E-state index in [4.69, 9.17) is 4.74 Å². The zero-order valence-electron chi connectivity index (χ0n) is 12.1. The van der Waals surface area contributed by atoms with Gasteiger partial charge >= 0.3 is 0 Å². The van der Waals surface area contributed by atoms with Crippen molar-refractivity contribution in [2.75, 3.05) is 11.9 Å². The van der Waals surface area contributed by atoms with Crippen LogP contribution in [-0.4, -0.2) is 17.5 Å². The summed E-state index contributed by atoms with van der Waals surface area (Å²) < 4.78 is 19.1. The number of anilines is 1. The minimum atomic E-state index is -0.461. The van der Waals surface area contributed by atoms with Gasteiger partial charge < -0.3 is 10.1 Å². The Labute approximate surface area is 128 Å². The fraction of sp³-hybridized carbons (Fsp3) is 0.294. The lowest BCUT2D eigenvalue weighted by Crippen LogP contribution is -2.21. The van der Waals surface area contributed by atoms with Gasteiger partial charge in [-0.1, -0.05) is 12.1 Å². The second-order valence-corrected chi connectivity index (χ2v) is 5.26. The molecule has 3 rings (SSSR count). The second kappa shape index (κ2) is 6.56. The highest BCUT2D eigenvalue weighted by Gasteiger charge is 2.16. The lowest BCUT2D eigenvalue weighted by atomic mass is 9.95. The van der Waals surface area contributed by atoms with Gasteiger partial charge in [-0.05, 0) is 43.9 Å². The van der Waals surface area contributed by atoms with Crippen LogP contribution in [0.2, 0.25) is 0 Å². The highest BCUT2D eigenvalue weighted by molar-refractivity contribution is 5.91. The van der Waals surface area contributed by atoms with Crippen molar-refractivity contribution in [1.82, 2.24) is 4.98 Å². The number of amides is 1. The standard InChI is InChI=1S/C17H17FN2O2/c18-13-6-2-4-8-15(13)20-17(21)11-22-16-9-10-19-14-7-3-1-5-12(14)16/h2,4,6,8-10H,1,3,5,7,11H2,(H,20,21). The summed E-state index contributed by atoms with van der Waals surface area (Å²) in [5.41, 5.74) is 2.30. The predicted molar refractivity (Wildman–Crippen MR) is 81.4 cm³/mol. The average Bonchev–Trinajstić information content (AvgIpc) is 2.55. The Kier molecular flexibility index (Phi) is 4.32. The Morgan fingerprint density at radius 1 is 1.23 bits per heavy atom. The molecule has 0 saturated heterocycles. The molecule has 0 spiro atoms. The topological polar surface area (TPSA) is 51.2 Å². The molecule has 1 amide bonds. The largest absolute Gasteiger partial charge is 0.483 e. The first-order chi connectivity index (χ1) is 10.7. The number of carbonyl (C=O) groups is 1. The first kappa shape index (κ1) is 14.5. The summed E-state index contributed by atoms with van der Waals surface area (Å²) in [6.45, 7) is -0.148. The maximum atomic E-state index is 13.5. The van der Waals surface area contributed by atoms with E-state index in [0.717, 1.165) is 36.9 Å². The molecule has 2 aromatic rings. The molecule has 0 unspecified atom stereocenters. The van der Waals surface area contributed by atoms with Crippen LogP contribution in [0.5, 0.6) is 5.75 Å². The van der Waals surface area contributed by atoms with E-state index >= 15 is 0 Å². The number of carbonyl (C=O) groups excluding carboxylic acids is 1. The molecule has 114 valence electrons. The highest BCUT2D eigenvalue weighted by atomic mass is 19.1. The number of aromatic nitrogens is 1. The third-order valence-corrected chi connectivity index (χ3v) is 3.70. The molecule has 0 atom stereocenters. The van der Waals surface area contributed by atoms with E-state index in [1.165, 1.54) is 12.1 Å². The fourth-order valence-corrected chi connectivity index (χ4v) is 2.62. The molecule has 0 fully saturated rings. The van der Waals surface area contributed by atoms with E-state index in [2.05, 4.69) is 10.3 Å². The van der Waals surface area contributed by atoms with Crippen molar-refractivity contribution in [1.29, 1.82) is 0 Å². The number of nitrogens with one attached hydrogen (secondary N) is 1. The number of fused-ring (bicyclic) bond motifs is 1. The molecular formula is C17H17FN2O2. The van der Waals surface area contributed by atoms with Crippen LogP contribution in [0.1, 0.15) is 24.1 Å². The summed E-state index contributed by atoms with van der Waals surface area (Å²) in [6, 6.07) is 7.83. The number of para-hydroxylation sites is 1. The van der Waals surface area contributed by atoms with E-state index in [1.807, 2.05) is 0 Å². The van der Waals surface area contributed by atoms with Crippen LogP contribution in [-0.2, 0) is 17.6 Å². The van der Waals surface area contributed by atoms with Crippen LogP contribution in [0.3, 0.4) is 0 Å². The number of hydrogen-bond acceptors (Lipinski definition) is 3. The SMILES string of the molecule is O=C(COc1ccnc2c1CCCC2)Nc1ccccc1F. The van der Waals surface area contributed by atoms with Gasteiger partial charge in [-0.15, -0.1) is 0 Å². The molecule has 1 heterocycles. The van der Waals surface area contributed by atoms with E-state index in [1.54, 1.807) is 24.4 Å². The van der Waals surface area contributed by atoms with Crippen LogP contribution in [0.25, 0.3) is 0 Å². The number of rotatable bonds is 4. The Morgan fingerprint density at radius 3 is 2.91 bits per heavy atom. The highest BCUT2D eigenvalue weighted by Crippen LogP contribution is 2.27. The van der Waals surface area contributed by atoms with Crippen molar-refractivity contribution >= 4 is 11.6 Å². The van der Waals surface area contributed by atoms with Crippen LogP contribution in [0.4, 0.5) is 10.1 Å². The molecule has 1 aliphatic rings. The van der Waals surface area contributed by atoms with Crippen molar-refractivity contribution in [3.8, 4) is 5.75 Å². The van der Waals surface area contributed by atoms with E-state index in [9.17, 15) is 9.18 Å². The predicted octanol–water partition coefficient (Wildman–Crippen LogP) is 3.12. The lowest BCUT2D eigenvalue weighted by molar-refractivity contribution is -0.118. The maximum absolute atomic E-state index is 13.5. The zero-order valence-corrected chi connectivity index (χ0v) is 12.1. The van der Waals surface area contributed by atoms with Crippen LogP contribution in [0.15, 0.2) is 36.5 Å². The molecule has 1 N–H and O–H groups in total. The molecule has 0 radical (unpaired) electrons. The second-order valence-electron chi connectivity index (χ2n) is 5.26. The van der Waals surface area contributed by atoms with Crippen LogP contribution < -0.4 is 10.1 Å². The third kappa shape index (κ3) is 3.24. The van der Waals surface area contributed by atoms with Gasteiger partial charge in [-0.2, -0.15) is 0 Å². The van der Waals surface area contributed by atoms with Crippen LogP contribution >= 0.6 is 0 Å². The summed E-state index contributed by atoms with van der Waals surface area (Å²) >= 11 is 0. The van der Waals surface area contributed by atoms with Gasteiger partial charge in [0.15, 0.2) is 6.61 Å². The lowest BCUT2D eigenvalue weighted by Gasteiger charge is -2.18. The number of benzene rings is 1. The number of aryl methyl sites for hydroxylation is 1. The van der Waals surface area contributed by atoms with Crippen molar-refractivity contribution in [3.05, 3.63) is 53.6 Å². The van der Waals surface area contributed by atoms with Gasteiger partial charge in [0.05, 0.1) is 5.69 Å². The Hall–Kier alpha value is -2.43. The van der Waals surface area contributed by atoms with Gasteiger partial charge in [0.2, 0.25) is 0 Å². The van der Waals surface area contributed by atoms with Gasteiger partial charge in [-0.3, -0.25) is 9.78 Å². The van der Waals surface area contributed by atoms with Gasteiger partial charge in [0, 0.05) is 17.5 Å². The van der Waals surface area contributed by atoms with E-state index < -0.39 is 5.82 Å². The molecule has 5 heteroatoms. The van der Waals surface area contributed by atoms with Crippen molar-refractivity contribution in [2.24, 2.45) is 0 Å². The maximum Gasteiger partial charge on any atom is 0.262 e. The molecule has 0 bridgehead atoms. The Balaban J connectivity index is 1.63. The number of hydrogen-bond donors (Lipinski definition) is 1. The summed E-state index contributed by atoms with van der Waals surface area (Å²) in [6.07, 6.45) is 5.82. The Morgan fingerprint density at radius 2 is 2.05 bits per heavy atom. The molecule has 1 aliphatic carbocycles. The number of nitrogens with zero attached hydrogens (tertiary/aromatic N) is 1. The summed E-state index contributed by atoms with van der Waals surface area (Å²) in [4.78, 5) is 16.2. The van der Waals surface area contributed by atoms with E-state index in [-0.39, 0.29) is 18.2 Å². The summed E-state index contributed by atoms with van der Waals surface area (Å²) in [5, 5.41) is 2.51. The fourth-order valence-electron chi connectivity index (χ4n) is 2.62. The first-order valence-electron chi connectivity index (χ1n) is 7.38. The van der Waals surface area contributed by atoms with Gasteiger partial charge in [-0.25, -0.2) is 4.39 Å². The zero-order chi connectivity index (χ0) is 15.4. The van der Waals surface area contributed by atoms with Crippen molar-refractivity contribution in [2.45, 2.75) is 25.7 Å². The molecular weight excluding hydrogens is 283 g/mol. The van der Waals surface area contributed by atoms with Gasteiger partial charge in [0.25, 0.3) is 5.91 Å². The Bertz CT molecular complexity index is 688. The quantitative estimate of drug-likeness (QED) is 0.944. The first-order valence-corrected chi connectivity index (χ1v) is 7.38. The summed E-state index contributed by atoms with van der Waals surface area (Å²) in [7, 11) is 0. The molecule has 0 saturated carbocycles. The number of pyridine rings is 1. The van der Waals surface area contributed by atoms with Crippen molar-refractivity contribution < 1.29 is 13.9 Å². The summed E-state index contributed by atoms with van der Waals surface area (Å²) in [5.74, 6) is -0.142. The number of halogens is 1. The smallest absolute Gasteiger partial charge is 0.262 e. The normalized spacial score (nSPS) is 13.3. The molecule has 0 aliphatic heterocycles. The monoisotopic (exact) mass is 300 g/mol. The molecule has 1 aromatic carbocycles. The molecule has 1 aromatic heterocycles. The van der Waals surface area contributed by atoms with Crippen molar-refractivity contribution in [3.63, 3.8) is 0 Å². The molecule has 22 heavy (non-hydrogen) atoms. The third-order valence-electron chi connectivity index (χ3n) is 3.70. The van der Waals surface area contributed by atoms with Crippen LogP contribution in [0, 0.1) is 5.82 Å². The van der Waals surface area contributed by atoms with Gasteiger partial charge in [0.1, 0.15) is 11.6 Å². The average molecular weight is 300 g/mol. The van der Waals surface area contributed by atoms with E-state index in [0.29, 0.717) is 5.75 Å². The minimum Gasteiger partial charge on any atom is -0.483 e. The minimum absolute atomic E-state index is 0.148. The molecule has 4 nitrogen and oxygen atoms in total. The number of ether oxygens (including phenoxy) is 1.